The molecule has 6 nitrogen and oxygen atoms in total. The van der Waals surface area contributed by atoms with E-state index in [1.54, 1.807) is 18.3 Å². The summed E-state index contributed by atoms with van der Waals surface area (Å²) >= 11 is 0. The van der Waals surface area contributed by atoms with Crippen molar-refractivity contribution in [1.82, 2.24) is 14.3 Å². The summed E-state index contributed by atoms with van der Waals surface area (Å²) in [7, 11) is -3.56. The first-order valence-corrected chi connectivity index (χ1v) is 12.4. The van der Waals surface area contributed by atoms with E-state index >= 15 is 0 Å². The number of fused-ring (bicyclic) bond motifs is 1. The number of nitriles is 1. The number of benzene rings is 1. The summed E-state index contributed by atoms with van der Waals surface area (Å²) in [6.07, 6.45) is 6.82. The Labute approximate surface area is 183 Å². The Morgan fingerprint density at radius 3 is 2.55 bits per heavy atom. The van der Waals surface area contributed by atoms with Gasteiger partial charge in [0.2, 0.25) is 10.0 Å². The second kappa shape index (κ2) is 7.18. The maximum atomic E-state index is 12.7. The molecule has 31 heavy (non-hydrogen) atoms. The van der Waals surface area contributed by atoms with Gasteiger partial charge in [0.25, 0.3) is 0 Å². The fourth-order valence-corrected chi connectivity index (χ4v) is 6.16. The fourth-order valence-electron chi connectivity index (χ4n) is 4.69. The minimum atomic E-state index is -3.56. The molecule has 2 aliphatic rings. The topological polar surface area (TPSA) is 87.8 Å². The molecular formula is C24H26N4O2S. The Morgan fingerprint density at radius 2 is 1.97 bits per heavy atom. The van der Waals surface area contributed by atoms with Crippen molar-refractivity contribution in [3.8, 4) is 17.3 Å². The molecule has 0 bridgehead atoms. The average Bonchev–Trinajstić information content (AvgIpc) is 3.36. The van der Waals surface area contributed by atoms with E-state index in [-0.39, 0.29) is 10.4 Å². The molecule has 0 aliphatic heterocycles. The van der Waals surface area contributed by atoms with Crippen LogP contribution < -0.4 is 4.72 Å². The molecule has 0 radical (unpaired) electrons. The van der Waals surface area contributed by atoms with E-state index in [9.17, 15) is 13.7 Å². The number of hydrogen-bond acceptors (Lipinski definition) is 4. The molecule has 160 valence electrons. The minimum absolute atomic E-state index is 0.249. The van der Waals surface area contributed by atoms with Gasteiger partial charge >= 0.3 is 0 Å². The van der Waals surface area contributed by atoms with E-state index in [0.29, 0.717) is 17.5 Å². The molecule has 2 saturated carbocycles. The Balaban J connectivity index is 1.62. The predicted molar refractivity (Wildman–Crippen MR) is 120 cm³/mol. The van der Waals surface area contributed by atoms with Crippen molar-refractivity contribution in [2.24, 2.45) is 5.92 Å². The van der Waals surface area contributed by atoms with Crippen LogP contribution >= 0.6 is 0 Å². The first kappa shape index (κ1) is 20.2. The quantitative estimate of drug-likeness (QED) is 0.605. The predicted octanol–water partition coefficient (Wildman–Crippen LogP) is 4.77. The summed E-state index contributed by atoms with van der Waals surface area (Å²) in [5, 5.41) is 10.9. The molecule has 2 unspecified atom stereocenters. The number of pyridine rings is 1. The Bertz CT molecular complexity index is 1300. The van der Waals surface area contributed by atoms with E-state index in [4.69, 9.17) is 0 Å². The third-order valence-corrected chi connectivity index (χ3v) is 8.58. The lowest BCUT2D eigenvalue weighted by Gasteiger charge is -2.38. The molecule has 3 aromatic rings. The van der Waals surface area contributed by atoms with Crippen LogP contribution in [0.1, 0.15) is 57.6 Å². The maximum absolute atomic E-state index is 12.7. The third kappa shape index (κ3) is 3.35. The number of hydrogen-bond donors (Lipinski definition) is 1. The van der Waals surface area contributed by atoms with Crippen LogP contribution in [0.2, 0.25) is 0 Å². The van der Waals surface area contributed by atoms with Crippen molar-refractivity contribution in [2.75, 3.05) is 0 Å². The second-order valence-electron chi connectivity index (χ2n) is 9.08. The lowest BCUT2D eigenvalue weighted by atomic mass is 9.77. The zero-order valence-corrected chi connectivity index (χ0v) is 18.6. The highest BCUT2D eigenvalue weighted by molar-refractivity contribution is 7.89. The summed E-state index contributed by atoms with van der Waals surface area (Å²) in [5.74, 6) is 0.561. The van der Waals surface area contributed by atoms with Gasteiger partial charge in [0.05, 0.1) is 16.2 Å². The minimum Gasteiger partial charge on any atom is -0.321 e. The first-order valence-electron chi connectivity index (χ1n) is 10.9. The van der Waals surface area contributed by atoms with Crippen molar-refractivity contribution in [3.05, 3.63) is 48.2 Å². The van der Waals surface area contributed by atoms with Gasteiger partial charge in [-0.05, 0) is 68.4 Å². The molecule has 1 aromatic carbocycles. The Hall–Kier alpha value is -2.69. The fraction of sp³-hybridized carbons (Fsp3) is 0.417. The van der Waals surface area contributed by atoms with Gasteiger partial charge in [-0.15, -0.1) is 0 Å². The number of sulfonamides is 1. The molecular weight excluding hydrogens is 408 g/mol. The molecule has 2 fully saturated rings. The van der Waals surface area contributed by atoms with E-state index in [1.165, 1.54) is 6.42 Å². The van der Waals surface area contributed by atoms with Crippen LogP contribution in [0.4, 0.5) is 0 Å². The van der Waals surface area contributed by atoms with Crippen molar-refractivity contribution in [3.63, 3.8) is 0 Å². The lowest BCUT2D eigenvalue weighted by molar-refractivity contribution is 0.182. The largest absolute Gasteiger partial charge is 0.321 e. The normalized spacial score (nSPS) is 22.1. The van der Waals surface area contributed by atoms with Gasteiger partial charge in [0.1, 0.15) is 11.7 Å². The SMILES string of the molecule is CCC1CCC1n1c(-c2ccc(S(=O)(=O)NC3(C)CC3)cc2)c(C#N)c2cccnc21. The summed E-state index contributed by atoms with van der Waals surface area (Å²) in [6, 6.07) is 13.4. The molecule has 7 heteroatoms. The van der Waals surface area contributed by atoms with Crippen LogP contribution in [0.15, 0.2) is 47.5 Å². The lowest BCUT2D eigenvalue weighted by Crippen LogP contribution is -2.34. The summed E-state index contributed by atoms with van der Waals surface area (Å²) in [4.78, 5) is 4.87. The number of nitrogens with zero attached hydrogens (tertiary/aromatic N) is 3. The highest BCUT2D eigenvalue weighted by atomic mass is 32.2. The summed E-state index contributed by atoms with van der Waals surface area (Å²) in [6.45, 7) is 4.13. The summed E-state index contributed by atoms with van der Waals surface area (Å²) in [5.41, 5.74) is 2.79. The highest BCUT2D eigenvalue weighted by Crippen LogP contribution is 2.46. The van der Waals surface area contributed by atoms with Crippen LogP contribution in [-0.2, 0) is 10.0 Å². The van der Waals surface area contributed by atoms with E-state index in [1.807, 2.05) is 31.2 Å². The molecule has 5 rings (SSSR count). The van der Waals surface area contributed by atoms with Gasteiger partial charge in [-0.25, -0.2) is 18.1 Å². The molecule has 1 N–H and O–H groups in total. The average molecular weight is 435 g/mol. The van der Waals surface area contributed by atoms with Crippen LogP contribution in [0, 0.1) is 17.2 Å². The zero-order valence-electron chi connectivity index (χ0n) is 17.8. The van der Waals surface area contributed by atoms with Crippen molar-refractivity contribution in [2.45, 2.75) is 62.4 Å². The van der Waals surface area contributed by atoms with Crippen molar-refractivity contribution < 1.29 is 8.42 Å². The number of aromatic nitrogens is 2. The van der Waals surface area contributed by atoms with Crippen LogP contribution in [-0.4, -0.2) is 23.5 Å². The Morgan fingerprint density at radius 1 is 1.23 bits per heavy atom. The molecule has 2 heterocycles. The molecule has 0 spiro atoms. The van der Waals surface area contributed by atoms with Crippen molar-refractivity contribution in [1.29, 1.82) is 5.26 Å². The highest BCUT2D eigenvalue weighted by Gasteiger charge is 2.41. The first-order chi connectivity index (χ1) is 14.9. The van der Waals surface area contributed by atoms with Gasteiger partial charge in [0.15, 0.2) is 0 Å². The molecule has 2 aromatic heterocycles. The molecule has 2 aliphatic carbocycles. The Kier molecular flexibility index (Phi) is 4.68. The van der Waals surface area contributed by atoms with Gasteiger partial charge in [-0.3, -0.25) is 0 Å². The number of rotatable bonds is 6. The smallest absolute Gasteiger partial charge is 0.241 e. The van der Waals surface area contributed by atoms with Gasteiger partial charge in [-0.2, -0.15) is 5.26 Å². The monoisotopic (exact) mass is 434 g/mol. The summed E-state index contributed by atoms with van der Waals surface area (Å²) < 4.78 is 30.5. The van der Waals surface area contributed by atoms with Gasteiger partial charge in [-0.1, -0.05) is 25.5 Å². The number of nitrogens with one attached hydrogen (secondary N) is 1. The van der Waals surface area contributed by atoms with Gasteiger partial charge in [0, 0.05) is 23.2 Å². The van der Waals surface area contributed by atoms with Crippen LogP contribution in [0.25, 0.3) is 22.3 Å². The zero-order chi connectivity index (χ0) is 21.8. The standard InChI is InChI=1S/C24H26N4O2S/c1-3-16-8-11-21(16)28-22(20(15-25)19-5-4-14-26-23(19)28)17-6-9-18(10-7-17)31(29,30)27-24(2)12-13-24/h4-7,9-10,14,16,21,27H,3,8,11-13H2,1-2H3. The molecule has 0 amide bonds. The van der Waals surface area contributed by atoms with Crippen LogP contribution in [0.3, 0.4) is 0 Å². The van der Waals surface area contributed by atoms with Crippen molar-refractivity contribution >= 4 is 21.1 Å². The van der Waals surface area contributed by atoms with E-state index < -0.39 is 10.0 Å². The van der Waals surface area contributed by atoms with Gasteiger partial charge < -0.3 is 4.57 Å². The molecule has 2 atom stereocenters. The van der Waals surface area contributed by atoms with E-state index in [2.05, 4.69) is 27.3 Å². The second-order valence-corrected chi connectivity index (χ2v) is 10.8. The van der Waals surface area contributed by atoms with E-state index in [0.717, 1.165) is 48.0 Å². The van der Waals surface area contributed by atoms with Crippen LogP contribution in [0.5, 0.6) is 0 Å². The maximum Gasteiger partial charge on any atom is 0.241 e. The molecule has 0 saturated heterocycles. The third-order valence-electron chi connectivity index (χ3n) is 6.93.